The SMILES string of the molecule is CC(=O)c1nn(CC(=O)N2[C@@H]3C[C@@H]3C[C@H]2C(=O)NCC2CCCCC2(C)C)c2cnccc12. The number of fused-ring (bicyclic) bond motifs is 2. The largest absolute Gasteiger partial charge is 0.354 e. The van der Waals surface area contributed by atoms with Crippen LogP contribution in [0.1, 0.15) is 69.8 Å². The average molecular weight is 452 g/mol. The number of nitrogens with zero attached hydrogens (tertiary/aromatic N) is 4. The second-order valence-corrected chi connectivity index (χ2v) is 10.7. The minimum atomic E-state index is -0.416. The topological polar surface area (TPSA) is 97.2 Å². The molecule has 0 spiro atoms. The third-order valence-corrected chi connectivity index (χ3v) is 8.12. The van der Waals surface area contributed by atoms with Crippen molar-refractivity contribution in [1.29, 1.82) is 0 Å². The van der Waals surface area contributed by atoms with Crippen LogP contribution in [-0.4, -0.2) is 55.9 Å². The maximum Gasteiger partial charge on any atom is 0.245 e. The van der Waals surface area contributed by atoms with Gasteiger partial charge in [0.25, 0.3) is 0 Å². The zero-order valence-electron chi connectivity index (χ0n) is 19.7. The van der Waals surface area contributed by atoms with Gasteiger partial charge in [-0.2, -0.15) is 5.10 Å². The zero-order valence-corrected chi connectivity index (χ0v) is 19.7. The van der Waals surface area contributed by atoms with Gasteiger partial charge in [0.1, 0.15) is 18.3 Å². The zero-order chi connectivity index (χ0) is 23.3. The Bertz CT molecular complexity index is 1110. The lowest BCUT2D eigenvalue weighted by molar-refractivity contribution is -0.140. The Morgan fingerprint density at radius 1 is 1.21 bits per heavy atom. The smallest absolute Gasteiger partial charge is 0.245 e. The lowest BCUT2D eigenvalue weighted by Crippen LogP contribution is -2.50. The second kappa shape index (κ2) is 8.22. The lowest BCUT2D eigenvalue weighted by atomic mass is 9.69. The van der Waals surface area contributed by atoms with Crippen molar-refractivity contribution in [3.63, 3.8) is 0 Å². The quantitative estimate of drug-likeness (QED) is 0.681. The summed E-state index contributed by atoms with van der Waals surface area (Å²) in [6, 6.07) is 1.47. The summed E-state index contributed by atoms with van der Waals surface area (Å²) in [5.74, 6) is 0.585. The molecular weight excluding hydrogens is 418 g/mol. The highest BCUT2D eigenvalue weighted by Gasteiger charge is 2.56. The highest BCUT2D eigenvalue weighted by molar-refractivity contribution is 6.04. The van der Waals surface area contributed by atoms with E-state index in [2.05, 4.69) is 29.2 Å². The van der Waals surface area contributed by atoms with E-state index in [4.69, 9.17) is 0 Å². The molecule has 2 aromatic heterocycles. The number of rotatable bonds is 6. The highest BCUT2D eigenvalue weighted by Crippen LogP contribution is 2.48. The van der Waals surface area contributed by atoms with E-state index in [0.29, 0.717) is 35.0 Å². The molecule has 2 aliphatic carbocycles. The van der Waals surface area contributed by atoms with Crippen LogP contribution in [0.5, 0.6) is 0 Å². The first kappa shape index (κ1) is 22.0. The summed E-state index contributed by atoms with van der Waals surface area (Å²) in [5, 5.41) is 8.27. The molecule has 33 heavy (non-hydrogen) atoms. The van der Waals surface area contributed by atoms with E-state index in [1.807, 2.05) is 0 Å². The van der Waals surface area contributed by atoms with Crippen molar-refractivity contribution in [2.24, 2.45) is 17.3 Å². The summed E-state index contributed by atoms with van der Waals surface area (Å²) < 4.78 is 1.55. The van der Waals surface area contributed by atoms with Crippen LogP contribution in [-0.2, 0) is 16.1 Å². The fraction of sp³-hybridized carbons (Fsp3) is 0.640. The van der Waals surface area contributed by atoms with Crippen LogP contribution in [0, 0.1) is 17.3 Å². The molecule has 5 rings (SSSR count). The number of ketones is 1. The first-order valence-electron chi connectivity index (χ1n) is 12.2. The number of carbonyl (C=O) groups is 3. The summed E-state index contributed by atoms with van der Waals surface area (Å²) in [4.78, 5) is 44.5. The first-order valence-corrected chi connectivity index (χ1v) is 12.2. The summed E-state index contributed by atoms with van der Waals surface area (Å²) in [5.41, 5.74) is 1.24. The minimum absolute atomic E-state index is 0.00186. The number of amides is 2. The number of hydrogen-bond donors (Lipinski definition) is 1. The standard InChI is InChI=1S/C25H33N5O3/c1-15(31)23-18-7-9-26-13-21(18)29(28-23)14-22(32)30-19-10-16(19)11-20(30)24(33)27-12-17-6-4-5-8-25(17,2)3/h7,9,13,16-17,19-20H,4-6,8,10-12,14H2,1-3H3,(H,27,33)/t16-,17?,19-,20+/m1/s1. The van der Waals surface area contributed by atoms with Crippen molar-refractivity contribution in [1.82, 2.24) is 25.0 Å². The molecule has 0 radical (unpaired) electrons. The summed E-state index contributed by atoms with van der Waals surface area (Å²) in [7, 11) is 0. The molecule has 1 saturated heterocycles. The molecule has 3 fully saturated rings. The van der Waals surface area contributed by atoms with Crippen LogP contribution in [0.15, 0.2) is 18.5 Å². The van der Waals surface area contributed by atoms with E-state index >= 15 is 0 Å². The van der Waals surface area contributed by atoms with Gasteiger partial charge < -0.3 is 10.2 Å². The summed E-state index contributed by atoms with van der Waals surface area (Å²) in [6.45, 7) is 6.73. The molecule has 0 bridgehead atoms. The van der Waals surface area contributed by atoms with E-state index in [-0.39, 0.29) is 35.6 Å². The number of hydrogen-bond acceptors (Lipinski definition) is 5. The van der Waals surface area contributed by atoms with Gasteiger partial charge in [0.05, 0.1) is 11.7 Å². The number of pyridine rings is 1. The van der Waals surface area contributed by atoms with Gasteiger partial charge in [-0.25, -0.2) is 0 Å². The predicted molar refractivity (Wildman–Crippen MR) is 123 cm³/mol. The van der Waals surface area contributed by atoms with E-state index < -0.39 is 6.04 Å². The maximum atomic E-state index is 13.4. The van der Waals surface area contributed by atoms with E-state index in [0.717, 1.165) is 19.3 Å². The molecular formula is C25H33N5O3. The third kappa shape index (κ3) is 4.04. The van der Waals surface area contributed by atoms with Gasteiger partial charge in [-0.05, 0) is 49.0 Å². The Labute approximate surface area is 194 Å². The third-order valence-electron chi connectivity index (χ3n) is 8.12. The Kier molecular flexibility index (Phi) is 5.49. The van der Waals surface area contributed by atoms with Crippen molar-refractivity contribution in [2.45, 2.75) is 77.9 Å². The number of piperidine rings is 1. The minimum Gasteiger partial charge on any atom is -0.354 e. The first-order chi connectivity index (χ1) is 15.8. The van der Waals surface area contributed by atoms with Crippen LogP contribution in [0.4, 0.5) is 0 Å². The highest BCUT2D eigenvalue weighted by atomic mass is 16.2. The Morgan fingerprint density at radius 3 is 2.79 bits per heavy atom. The van der Waals surface area contributed by atoms with Gasteiger partial charge >= 0.3 is 0 Å². The average Bonchev–Trinajstić information content (AvgIpc) is 3.28. The lowest BCUT2D eigenvalue weighted by Gasteiger charge is -2.39. The van der Waals surface area contributed by atoms with Gasteiger partial charge in [0, 0.05) is 31.1 Å². The number of Topliss-reactive ketones (excluding diaryl/α,β-unsaturated/α-hetero) is 1. The molecule has 1 N–H and O–H groups in total. The molecule has 8 heteroatoms. The van der Waals surface area contributed by atoms with Crippen molar-refractivity contribution < 1.29 is 14.4 Å². The fourth-order valence-corrected chi connectivity index (χ4v) is 5.95. The molecule has 2 aromatic rings. The van der Waals surface area contributed by atoms with Gasteiger partial charge in [0.15, 0.2) is 5.78 Å². The molecule has 0 aromatic carbocycles. The van der Waals surface area contributed by atoms with Crippen LogP contribution < -0.4 is 5.32 Å². The second-order valence-electron chi connectivity index (χ2n) is 10.7. The Hall–Kier alpha value is -2.77. The van der Waals surface area contributed by atoms with E-state index in [9.17, 15) is 14.4 Å². The van der Waals surface area contributed by atoms with Crippen molar-refractivity contribution in [3.8, 4) is 0 Å². The molecule has 1 aliphatic heterocycles. The van der Waals surface area contributed by atoms with Gasteiger partial charge in [-0.15, -0.1) is 0 Å². The van der Waals surface area contributed by atoms with Crippen LogP contribution in [0.25, 0.3) is 10.9 Å². The summed E-state index contributed by atoms with van der Waals surface area (Å²) in [6.07, 6.45) is 9.76. The van der Waals surface area contributed by atoms with E-state index in [1.54, 1.807) is 28.0 Å². The molecule has 3 heterocycles. The molecule has 2 amide bonds. The normalized spacial score (nSPS) is 27.9. The van der Waals surface area contributed by atoms with Crippen LogP contribution in [0.2, 0.25) is 0 Å². The van der Waals surface area contributed by atoms with Crippen molar-refractivity contribution in [2.75, 3.05) is 6.54 Å². The number of aromatic nitrogens is 3. The number of likely N-dealkylation sites (tertiary alicyclic amines) is 1. The molecule has 8 nitrogen and oxygen atoms in total. The van der Waals surface area contributed by atoms with Crippen molar-refractivity contribution >= 4 is 28.5 Å². The molecule has 4 atom stereocenters. The number of carbonyl (C=O) groups excluding carboxylic acids is 3. The van der Waals surface area contributed by atoms with E-state index in [1.165, 1.54) is 26.2 Å². The molecule has 2 saturated carbocycles. The predicted octanol–water partition coefficient (Wildman–Crippen LogP) is 2.96. The Morgan fingerprint density at radius 2 is 2.03 bits per heavy atom. The molecule has 3 aliphatic rings. The fourth-order valence-electron chi connectivity index (χ4n) is 5.95. The van der Waals surface area contributed by atoms with Gasteiger partial charge in [-0.1, -0.05) is 26.7 Å². The van der Waals surface area contributed by atoms with Crippen LogP contribution in [0.3, 0.4) is 0 Å². The molecule has 176 valence electrons. The maximum absolute atomic E-state index is 13.4. The van der Waals surface area contributed by atoms with Crippen LogP contribution >= 0.6 is 0 Å². The van der Waals surface area contributed by atoms with Gasteiger partial charge in [0.2, 0.25) is 11.8 Å². The molecule has 1 unspecified atom stereocenters. The monoisotopic (exact) mass is 451 g/mol. The summed E-state index contributed by atoms with van der Waals surface area (Å²) >= 11 is 0. The van der Waals surface area contributed by atoms with Crippen molar-refractivity contribution in [3.05, 3.63) is 24.2 Å². The number of nitrogens with one attached hydrogen (secondary N) is 1. The Balaban J connectivity index is 1.29. The van der Waals surface area contributed by atoms with Gasteiger partial charge in [-0.3, -0.25) is 24.0 Å².